The highest BCUT2D eigenvalue weighted by Gasteiger charge is 2.20. The van der Waals surface area contributed by atoms with Crippen LogP contribution in [-0.2, 0) is 0 Å². The van der Waals surface area contributed by atoms with Gasteiger partial charge in [-0.05, 0) is 33.5 Å². The lowest BCUT2D eigenvalue weighted by atomic mass is 10.1. The summed E-state index contributed by atoms with van der Waals surface area (Å²) in [4.78, 5) is 6.15. The zero-order valence-electron chi connectivity index (χ0n) is 12.4. The SMILES string of the molecule is CCCNc1cncc(NCC(C)(O)CN(C)C)c1. The summed E-state index contributed by atoms with van der Waals surface area (Å²) in [6.07, 6.45) is 4.65. The number of nitrogens with zero attached hydrogens (tertiary/aromatic N) is 2. The van der Waals surface area contributed by atoms with Gasteiger partial charge in [0.15, 0.2) is 0 Å². The average molecular weight is 266 g/mol. The van der Waals surface area contributed by atoms with Crippen molar-refractivity contribution in [2.75, 3.05) is 44.4 Å². The van der Waals surface area contributed by atoms with Crippen LogP contribution >= 0.6 is 0 Å². The van der Waals surface area contributed by atoms with Gasteiger partial charge in [-0.15, -0.1) is 0 Å². The summed E-state index contributed by atoms with van der Waals surface area (Å²) < 4.78 is 0. The molecule has 0 saturated heterocycles. The Balaban J connectivity index is 2.52. The number of pyridine rings is 1. The molecule has 0 aromatic carbocycles. The van der Waals surface area contributed by atoms with Crippen LogP contribution in [0.3, 0.4) is 0 Å². The van der Waals surface area contributed by atoms with Crippen LogP contribution in [0.1, 0.15) is 20.3 Å². The highest BCUT2D eigenvalue weighted by atomic mass is 16.3. The van der Waals surface area contributed by atoms with E-state index in [9.17, 15) is 5.11 Å². The Labute approximate surface area is 116 Å². The minimum absolute atomic E-state index is 0.490. The molecule has 19 heavy (non-hydrogen) atoms. The van der Waals surface area contributed by atoms with Crippen molar-refractivity contribution in [2.45, 2.75) is 25.9 Å². The third-order valence-electron chi connectivity index (χ3n) is 2.65. The van der Waals surface area contributed by atoms with E-state index in [4.69, 9.17) is 0 Å². The molecule has 5 heteroatoms. The van der Waals surface area contributed by atoms with E-state index in [0.717, 1.165) is 24.3 Å². The molecule has 3 N–H and O–H groups in total. The molecule has 1 atom stereocenters. The van der Waals surface area contributed by atoms with Crippen LogP contribution in [0.25, 0.3) is 0 Å². The van der Waals surface area contributed by atoms with Crippen molar-refractivity contribution < 1.29 is 5.11 Å². The smallest absolute Gasteiger partial charge is 0.0917 e. The lowest BCUT2D eigenvalue weighted by Crippen LogP contribution is -2.43. The number of aliphatic hydroxyl groups is 1. The minimum Gasteiger partial charge on any atom is -0.387 e. The molecule has 1 rings (SSSR count). The van der Waals surface area contributed by atoms with E-state index in [1.54, 1.807) is 12.4 Å². The first-order valence-corrected chi connectivity index (χ1v) is 6.73. The van der Waals surface area contributed by atoms with E-state index >= 15 is 0 Å². The van der Waals surface area contributed by atoms with Crippen LogP contribution in [0.2, 0.25) is 0 Å². The van der Waals surface area contributed by atoms with Gasteiger partial charge in [0.25, 0.3) is 0 Å². The Morgan fingerprint density at radius 2 is 1.89 bits per heavy atom. The topological polar surface area (TPSA) is 60.4 Å². The van der Waals surface area contributed by atoms with Crippen LogP contribution < -0.4 is 10.6 Å². The van der Waals surface area contributed by atoms with Crippen molar-refractivity contribution >= 4 is 11.4 Å². The quantitative estimate of drug-likeness (QED) is 0.667. The number of hydrogen-bond donors (Lipinski definition) is 3. The number of hydrogen-bond acceptors (Lipinski definition) is 5. The molecule has 0 bridgehead atoms. The largest absolute Gasteiger partial charge is 0.387 e. The van der Waals surface area contributed by atoms with Crippen LogP contribution in [-0.4, -0.2) is 54.3 Å². The van der Waals surface area contributed by atoms with Crippen molar-refractivity contribution in [1.82, 2.24) is 9.88 Å². The predicted octanol–water partition coefficient (Wildman–Crippen LogP) is 1.63. The van der Waals surface area contributed by atoms with E-state index in [1.165, 1.54) is 0 Å². The normalized spacial score (nSPS) is 14.2. The molecular formula is C14H26N4O. The van der Waals surface area contributed by atoms with Gasteiger partial charge in [-0.1, -0.05) is 6.92 Å². The van der Waals surface area contributed by atoms with Gasteiger partial charge in [-0.2, -0.15) is 0 Å². The predicted molar refractivity (Wildman–Crippen MR) is 80.7 cm³/mol. The van der Waals surface area contributed by atoms with Crippen molar-refractivity contribution in [3.63, 3.8) is 0 Å². The molecule has 0 radical (unpaired) electrons. The summed E-state index contributed by atoms with van der Waals surface area (Å²) in [7, 11) is 3.90. The highest BCUT2D eigenvalue weighted by Crippen LogP contribution is 2.14. The molecule has 0 aliphatic carbocycles. The number of nitrogens with one attached hydrogen (secondary N) is 2. The molecule has 0 amide bonds. The van der Waals surface area contributed by atoms with Gasteiger partial charge in [-0.25, -0.2) is 0 Å². The van der Waals surface area contributed by atoms with Gasteiger partial charge >= 0.3 is 0 Å². The van der Waals surface area contributed by atoms with Crippen molar-refractivity contribution in [3.05, 3.63) is 18.5 Å². The Hall–Kier alpha value is -1.33. The van der Waals surface area contributed by atoms with Gasteiger partial charge in [0.2, 0.25) is 0 Å². The summed E-state index contributed by atoms with van der Waals surface area (Å²) in [5, 5.41) is 16.7. The lowest BCUT2D eigenvalue weighted by Gasteiger charge is -2.27. The maximum absolute atomic E-state index is 10.2. The molecular weight excluding hydrogens is 240 g/mol. The number of aromatic nitrogens is 1. The molecule has 0 aliphatic rings. The first-order chi connectivity index (χ1) is 8.93. The Morgan fingerprint density at radius 3 is 2.47 bits per heavy atom. The van der Waals surface area contributed by atoms with Gasteiger partial charge in [-0.3, -0.25) is 4.98 Å². The molecule has 0 aliphatic heterocycles. The number of likely N-dealkylation sites (N-methyl/N-ethyl adjacent to an activating group) is 1. The van der Waals surface area contributed by atoms with Gasteiger partial charge in [0.05, 0.1) is 29.4 Å². The molecule has 108 valence electrons. The number of anilines is 2. The first kappa shape index (κ1) is 15.7. The third kappa shape index (κ3) is 6.40. The second-order valence-corrected chi connectivity index (χ2v) is 5.48. The fraction of sp³-hybridized carbons (Fsp3) is 0.643. The Bertz CT molecular complexity index is 379. The van der Waals surface area contributed by atoms with E-state index in [2.05, 4.69) is 22.5 Å². The van der Waals surface area contributed by atoms with Gasteiger partial charge in [0.1, 0.15) is 0 Å². The van der Waals surface area contributed by atoms with Crippen molar-refractivity contribution in [3.8, 4) is 0 Å². The zero-order valence-corrected chi connectivity index (χ0v) is 12.4. The number of rotatable bonds is 8. The monoisotopic (exact) mass is 266 g/mol. The standard InChI is InChI=1S/C14H26N4O/c1-5-6-16-12-7-13(9-15-8-12)17-10-14(2,19)11-18(3)4/h7-9,16-17,19H,5-6,10-11H2,1-4H3. The minimum atomic E-state index is -0.768. The van der Waals surface area contributed by atoms with E-state index in [-0.39, 0.29) is 0 Å². The van der Waals surface area contributed by atoms with Gasteiger partial charge in [0, 0.05) is 19.6 Å². The molecule has 1 heterocycles. The summed E-state index contributed by atoms with van der Waals surface area (Å²) >= 11 is 0. The summed E-state index contributed by atoms with van der Waals surface area (Å²) in [6, 6.07) is 2.01. The van der Waals surface area contributed by atoms with Crippen LogP contribution in [0, 0.1) is 0 Å². The molecule has 0 spiro atoms. The Morgan fingerprint density at radius 1 is 1.26 bits per heavy atom. The second kappa shape index (κ2) is 7.31. The fourth-order valence-electron chi connectivity index (χ4n) is 1.93. The third-order valence-corrected chi connectivity index (χ3v) is 2.65. The maximum Gasteiger partial charge on any atom is 0.0917 e. The summed E-state index contributed by atoms with van der Waals surface area (Å²) in [6.45, 7) is 5.99. The molecule has 1 aromatic heterocycles. The molecule has 0 fully saturated rings. The summed E-state index contributed by atoms with van der Waals surface area (Å²) in [5.41, 5.74) is 1.15. The molecule has 0 saturated carbocycles. The van der Waals surface area contributed by atoms with E-state index < -0.39 is 5.60 Å². The Kier molecular flexibility index (Phi) is 6.05. The maximum atomic E-state index is 10.2. The molecule has 5 nitrogen and oxygen atoms in total. The molecule has 1 unspecified atom stereocenters. The lowest BCUT2D eigenvalue weighted by molar-refractivity contribution is 0.0460. The fourth-order valence-corrected chi connectivity index (χ4v) is 1.93. The van der Waals surface area contributed by atoms with Crippen LogP contribution in [0.15, 0.2) is 18.5 Å². The second-order valence-electron chi connectivity index (χ2n) is 5.48. The van der Waals surface area contributed by atoms with Crippen molar-refractivity contribution in [2.24, 2.45) is 0 Å². The average Bonchev–Trinajstić information content (AvgIpc) is 2.33. The zero-order chi connectivity index (χ0) is 14.3. The highest BCUT2D eigenvalue weighted by molar-refractivity contribution is 5.54. The van der Waals surface area contributed by atoms with E-state index in [0.29, 0.717) is 13.1 Å². The van der Waals surface area contributed by atoms with Crippen molar-refractivity contribution in [1.29, 1.82) is 0 Å². The van der Waals surface area contributed by atoms with Gasteiger partial charge < -0.3 is 20.6 Å². The van der Waals surface area contributed by atoms with Crippen LogP contribution in [0.5, 0.6) is 0 Å². The first-order valence-electron chi connectivity index (χ1n) is 6.73. The molecule has 1 aromatic rings. The van der Waals surface area contributed by atoms with E-state index in [1.807, 2.05) is 32.0 Å². The summed E-state index contributed by atoms with van der Waals surface area (Å²) in [5.74, 6) is 0. The van der Waals surface area contributed by atoms with Crippen LogP contribution in [0.4, 0.5) is 11.4 Å².